The van der Waals surface area contributed by atoms with Crippen LogP contribution < -0.4 is 4.72 Å². The Morgan fingerprint density at radius 2 is 1.81 bits per heavy atom. The summed E-state index contributed by atoms with van der Waals surface area (Å²) in [6.07, 6.45) is 0.607. The summed E-state index contributed by atoms with van der Waals surface area (Å²) in [4.78, 5) is 0. The van der Waals surface area contributed by atoms with Gasteiger partial charge in [-0.3, -0.25) is 0 Å². The van der Waals surface area contributed by atoms with E-state index in [0.717, 1.165) is 22.1 Å². The predicted octanol–water partition coefficient (Wildman–Crippen LogP) is 3.46. The average Bonchev–Trinajstić information content (AvgIpc) is 2.38. The molecule has 0 aliphatic carbocycles. The molecule has 1 aromatic carbocycles. The van der Waals surface area contributed by atoms with Crippen molar-refractivity contribution in [3.63, 3.8) is 0 Å². The van der Waals surface area contributed by atoms with Crippen LogP contribution in [0.25, 0.3) is 11.0 Å². The van der Waals surface area contributed by atoms with Crippen LogP contribution in [-0.4, -0.2) is 21.1 Å². The second-order valence-corrected chi connectivity index (χ2v) is 7.11. The third-order valence-corrected chi connectivity index (χ3v) is 4.83. The average molecular weight is 301 g/mol. The zero-order valence-corrected chi connectivity index (χ0v) is 13.5. The van der Waals surface area contributed by atoms with Gasteiger partial charge in [0.2, 0.25) is 0 Å². The topological polar surface area (TPSA) is 46.2 Å². The molecule has 0 fully saturated rings. The van der Waals surface area contributed by atoms with E-state index in [1.807, 2.05) is 51.0 Å². The Hall–Kier alpha value is -1.62. The van der Waals surface area contributed by atoms with Crippen molar-refractivity contribution in [1.82, 2.24) is 0 Å². The van der Waals surface area contributed by atoms with E-state index in [0.29, 0.717) is 12.1 Å². The molecule has 0 bridgehead atoms. The zero-order chi connectivity index (χ0) is 15.5. The van der Waals surface area contributed by atoms with Crippen molar-refractivity contribution in [2.24, 2.45) is 0 Å². The van der Waals surface area contributed by atoms with Gasteiger partial charge in [0.15, 0.2) is 0 Å². The summed E-state index contributed by atoms with van der Waals surface area (Å²) >= 11 is 0. The Bertz CT molecular complexity index is 704. The quantitative estimate of drug-likeness (QED) is 0.919. The Morgan fingerprint density at radius 1 is 1.14 bits per heavy atom. The van der Waals surface area contributed by atoms with Crippen LogP contribution in [0, 0.1) is 13.8 Å². The minimum absolute atomic E-state index is 0.144. The number of hydrogen-bond donors (Lipinski definition) is 1. The molecule has 0 aliphatic rings. The monoisotopic (exact) mass is 301 g/mol. The second-order valence-electron chi connectivity index (χ2n) is 5.27. The molecule has 0 spiro atoms. The fourth-order valence-corrected chi connectivity index (χ4v) is 3.70. The standard InChI is InChI=1S/C16H20BNO2S/c1-4-9-21(19,20)18-14-10-12(2)16(13(3)11-14)15-7-5-6-8-17-15/h5-8,10-11,18H,4,9H2,1-3H3. The van der Waals surface area contributed by atoms with Crippen molar-refractivity contribution in [3.05, 3.63) is 47.4 Å². The minimum atomic E-state index is -3.25. The van der Waals surface area contributed by atoms with Gasteiger partial charge in [-0.15, -0.1) is 0 Å². The van der Waals surface area contributed by atoms with Gasteiger partial charge in [-0.2, -0.15) is 0 Å². The Balaban J connectivity index is 2.39. The number of benzene rings is 1. The summed E-state index contributed by atoms with van der Waals surface area (Å²) in [6, 6.07) is 9.84. The molecular weight excluding hydrogens is 281 g/mol. The molecule has 1 aromatic heterocycles. The first-order chi connectivity index (χ1) is 9.93. The molecule has 0 saturated carbocycles. The molecular formula is C16H20BNO2S. The van der Waals surface area contributed by atoms with E-state index in [1.54, 1.807) is 0 Å². The fraction of sp³-hybridized carbons (Fsp3) is 0.312. The summed E-state index contributed by atoms with van der Waals surface area (Å²) in [5.74, 6) is 2.15. The summed E-state index contributed by atoms with van der Waals surface area (Å²) in [6.45, 7) is 7.93. The SMILES string of the molecule is CCCS(=O)(=O)Nc1cc(C)c(-c2bcccc2)c(C)c1. The Kier molecular flexibility index (Phi) is 4.83. The van der Waals surface area contributed by atoms with Crippen molar-refractivity contribution in [1.29, 1.82) is 0 Å². The maximum atomic E-state index is 11.9. The van der Waals surface area contributed by atoms with Crippen molar-refractivity contribution < 1.29 is 8.42 Å². The van der Waals surface area contributed by atoms with Crippen molar-refractivity contribution in [2.45, 2.75) is 27.2 Å². The van der Waals surface area contributed by atoms with Gasteiger partial charge in [-0.1, -0.05) is 0 Å². The molecule has 0 amide bonds. The number of nitrogens with one attached hydrogen (secondary N) is 1. The van der Waals surface area contributed by atoms with Crippen molar-refractivity contribution in [3.8, 4) is 11.0 Å². The van der Waals surface area contributed by atoms with E-state index in [1.165, 1.54) is 0 Å². The van der Waals surface area contributed by atoms with E-state index < -0.39 is 10.0 Å². The molecule has 0 saturated heterocycles. The zero-order valence-electron chi connectivity index (χ0n) is 12.7. The summed E-state index contributed by atoms with van der Waals surface area (Å²) in [5, 5.41) is 0. The van der Waals surface area contributed by atoms with Crippen LogP contribution in [0.4, 0.5) is 5.69 Å². The first-order valence-electron chi connectivity index (χ1n) is 7.10. The molecule has 0 radical (unpaired) electrons. The van der Waals surface area contributed by atoms with Crippen LogP contribution in [0.3, 0.4) is 0 Å². The number of anilines is 1. The van der Waals surface area contributed by atoms with E-state index >= 15 is 0 Å². The molecule has 0 atom stereocenters. The fourth-order valence-electron chi connectivity index (χ4n) is 2.58. The van der Waals surface area contributed by atoms with Crippen molar-refractivity contribution in [2.75, 3.05) is 10.5 Å². The molecule has 1 heterocycles. The van der Waals surface area contributed by atoms with Crippen LogP contribution >= 0.6 is 0 Å². The molecule has 2 rings (SSSR count). The maximum absolute atomic E-state index is 11.9. The molecule has 110 valence electrons. The molecule has 2 aromatic rings. The molecule has 0 aliphatic heterocycles. The van der Waals surface area contributed by atoms with Gasteiger partial charge in [0.05, 0.1) is 0 Å². The van der Waals surface area contributed by atoms with Crippen LogP contribution in [0.2, 0.25) is 0 Å². The van der Waals surface area contributed by atoms with Crippen LogP contribution in [0.15, 0.2) is 36.3 Å². The molecule has 0 unspecified atom stereocenters. The molecule has 21 heavy (non-hydrogen) atoms. The van der Waals surface area contributed by atoms with Gasteiger partial charge in [-0.25, -0.2) is 0 Å². The molecule has 1 N–H and O–H groups in total. The Morgan fingerprint density at radius 3 is 2.33 bits per heavy atom. The normalized spacial score (nSPS) is 11.2. The van der Waals surface area contributed by atoms with E-state index in [-0.39, 0.29) is 5.75 Å². The van der Waals surface area contributed by atoms with Crippen LogP contribution in [0.5, 0.6) is 0 Å². The van der Waals surface area contributed by atoms with Crippen LogP contribution in [-0.2, 0) is 10.0 Å². The predicted molar refractivity (Wildman–Crippen MR) is 90.4 cm³/mol. The second kappa shape index (κ2) is 6.44. The van der Waals surface area contributed by atoms with Gasteiger partial charge in [0.25, 0.3) is 0 Å². The summed E-state index contributed by atoms with van der Waals surface area (Å²) < 4.78 is 26.4. The van der Waals surface area contributed by atoms with E-state index in [9.17, 15) is 8.42 Å². The third kappa shape index (κ3) is 3.94. The van der Waals surface area contributed by atoms with Gasteiger partial charge >= 0.3 is 127 Å². The Labute approximate surface area is 127 Å². The number of aryl methyl sites for hydroxylation is 2. The number of sulfonamides is 1. The molecule has 5 heteroatoms. The first kappa shape index (κ1) is 15.8. The molecule has 3 nitrogen and oxygen atoms in total. The van der Waals surface area contributed by atoms with E-state index in [4.69, 9.17) is 0 Å². The summed E-state index contributed by atoms with van der Waals surface area (Å²) in [5.41, 5.74) is 5.08. The van der Waals surface area contributed by atoms with Crippen molar-refractivity contribution >= 4 is 22.6 Å². The summed E-state index contributed by atoms with van der Waals surface area (Å²) in [7, 11) is -3.25. The van der Waals surface area contributed by atoms with Gasteiger partial charge < -0.3 is 0 Å². The van der Waals surface area contributed by atoms with Gasteiger partial charge in [0, 0.05) is 0 Å². The number of hydrogen-bond acceptors (Lipinski definition) is 2. The van der Waals surface area contributed by atoms with Gasteiger partial charge in [0.1, 0.15) is 0 Å². The van der Waals surface area contributed by atoms with Gasteiger partial charge in [-0.05, 0) is 0 Å². The third-order valence-electron chi connectivity index (χ3n) is 3.34. The first-order valence-corrected chi connectivity index (χ1v) is 8.75. The van der Waals surface area contributed by atoms with E-state index in [2.05, 4.69) is 17.7 Å². The van der Waals surface area contributed by atoms with Crippen LogP contribution in [0.1, 0.15) is 24.5 Å². The number of rotatable bonds is 5.